The van der Waals surface area contributed by atoms with E-state index in [2.05, 4.69) is 17.2 Å². The summed E-state index contributed by atoms with van der Waals surface area (Å²) in [5.41, 5.74) is 4.84. The Morgan fingerprint density at radius 2 is 1.86 bits per heavy atom. The van der Waals surface area contributed by atoms with E-state index in [1.54, 1.807) is 6.07 Å². The van der Waals surface area contributed by atoms with Crippen molar-refractivity contribution in [2.45, 2.75) is 13.3 Å². The van der Waals surface area contributed by atoms with E-state index in [0.29, 0.717) is 22.6 Å². The molecule has 1 heterocycles. The first-order valence-electron chi connectivity index (χ1n) is 9.14. The minimum absolute atomic E-state index is 0.00396. The molecule has 0 aliphatic heterocycles. The van der Waals surface area contributed by atoms with Crippen LogP contribution in [0.4, 0.5) is 11.4 Å². The lowest BCUT2D eigenvalue weighted by molar-refractivity contribution is -0.384. The Kier molecular flexibility index (Phi) is 4.76. The van der Waals surface area contributed by atoms with Crippen molar-refractivity contribution < 1.29 is 9.34 Å². The summed E-state index contributed by atoms with van der Waals surface area (Å²) in [5, 5.41) is 14.5. The highest BCUT2D eigenvalue weighted by atomic mass is 16.6. The van der Waals surface area contributed by atoms with Crippen molar-refractivity contribution in [2.24, 2.45) is 0 Å². The van der Waals surface area contributed by atoms with Gasteiger partial charge >= 0.3 is 0 Å². The largest absolute Gasteiger partial charge is 0.436 e. The summed E-state index contributed by atoms with van der Waals surface area (Å²) in [7, 11) is 0. The normalized spacial score (nSPS) is 10.9. The number of fused-ring (bicyclic) bond motifs is 1. The Hall–Kier alpha value is -3.67. The van der Waals surface area contributed by atoms with Crippen LogP contribution in [0, 0.1) is 10.1 Å². The van der Waals surface area contributed by atoms with E-state index in [1.807, 2.05) is 48.5 Å². The molecule has 0 bridgehead atoms. The predicted octanol–water partition coefficient (Wildman–Crippen LogP) is 5.89. The number of hydrogen-bond acceptors (Lipinski definition) is 5. The predicted molar refractivity (Wildman–Crippen MR) is 110 cm³/mol. The molecule has 0 aliphatic rings. The zero-order valence-corrected chi connectivity index (χ0v) is 15.4. The molecule has 1 N–H and O–H groups in total. The molecule has 0 atom stereocenters. The Morgan fingerprint density at radius 1 is 1.04 bits per heavy atom. The van der Waals surface area contributed by atoms with Crippen LogP contribution in [0.2, 0.25) is 0 Å². The van der Waals surface area contributed by atoms with Gasteiger partial charge in [-0.15, -0.1) is 0 Å². The van der Waals surface area contributed by atoms with Gasteiger partial charge in [0.15, 0.2) is 5.58 Å². The topological polar surface area (TPSA) is 81.2 Å². The summed E-state index contributed by atoms with van der Waals surface area (Å²) in [5.74, 6) is 0.363. The highest BCUT2D eigenvalue weighted by Gasteiger charge is 2.17. The van der Waals surface area contributed by atoms with Gasteiger partial charge in [-0.1, -0.05) is 43.3 Å². The maximum atomic E-state index is 11.2. The Morgan fingerprint density at radius 3 is 2.61 bits per heavy atom. The number of nitro groups is 1. The van der Waals surface area contributed by atoms with Gasteiger partial charge in [-0.25, -0.2) is 4.98 Å². The first kappa shape index (κ1) is 17.7. The van der Waals surface area contributed by atoms with Gasteiger partial charge in [0.2, 0.25) is 5.89 Å². The minimum Gasteiger partial charge on any atom is -0.436 e. The zero-order chi connectivity index (χ0) is 19.5. The van der Waals surface area contributed by atoms with Crippen molar-refractivity contribution in [3.8, 4) is 22.6 Å². The summed E-state index contributed by atoms with van der Waals surface area (Å²) >= 11 is 0. The zero-order valence-electron chi connectivity index (χ0n) is 15.4. The van der Waals surface area contributed by atoms with Gasteiger partial charge in [0.25, 0.3) is 5.69 Å². The summed E-state index contributed by atoms with van der Waals surface area (Å²) in [6.45, 7) is 2.81. The fourth-order valence-corrected chi connectivity index (χ4v) is 3.09. The summed E-state index contributed by atoms with van der Waals surface area (Å²) < 4.78 is 5.93. The van der Waals surface area contributed by atoms with Crippen molar-refractivity contribution in [1.82, 2.24) is 4.98 Å². The van der Waals surface area contributed by atoms with Crippen molar-refractivity contribution >= 4 is 22.5 Å². The van der Waals surface area contributed by atoms with Crippen LogP contribution in [0.5, 0.6) is 0 Å². The van der Waals surface area contributed by atoms with E-state index in [4.69, 9.17) is 4.42 Å². The van der Waals surface area contributed by atoms with Crippen LogP contribution in [0.3, 0.4) is 0 Å². The molecule has 0 unspecified atom stereocenters. The number of nitro benzene ring substituents is 1. The molecule has 0 radical (unpaired) electrons. The molecule has 6 nitrogen and oxygen atoms in total. The molecule has 0 aliphatic carbocycles. The highest BCUT2D eigenvalue weighted by molar-refractivity contribution is 5.84. The third kappa shape index (κ3) is 3.44. The highest BCUT2D eigenvalue weighted by Crippen LogP contribution is 2.34. The van der Waals surface area contributed by atoms with Crippen molar-refractivity contribution in [1.29, 1.82) is 0 Å². The van der Waals surface area contributed by atoms with Gasteiger partial charge < -0.3 is 9.73 Å². The van der Waals surface area contributed by atoms with Crippen molar-refractivity contribution in [2.75, 3.05) is 11.9 Å². The van der Waals surface area contributed by atoms with E-state index in [9.17, 15) is 10.1 Å². The summed E-state index contributed by atoms with van der Waals surface area (Å²) in [6, 6.07) is 20.5. The van der Waals surface area contributed by atoms with Gasteiger partial charge in [-0.05, 0) is 35.7 Å². The van der Waals surface area contributed by atoms with E-state index in [1.165, 1.54) is 12.1 Å². The molecule has 0 amide bonds. The van der Waals surface area contributed by atoms with Gasteiger partial charge in [-0.3, -0.25) is 10.1 Å². The number of anilines is 1. The van der Waals surface area contributed by atoms with Gasteiger partial charge in [-0.2, -0.15) is 0 Å². The van der Waals surface area contributed by atoms with E-state index in [-0.39, 0.29) is 5.69 Å². The lowest BCUT2D eigenvalue weighted by Gasteiger charge is -2.08. The minimum atomic E-state index is -0.413. The van der Waals surface area contributed by atoms with Gasteiger partial charge in [0, 0.05) is 24.4 Å². The smallest absolute Gasteiger partial charge is 0.270 e. The fraction of sp³-hybridized carbons (Fsp3) is 0.136. The van der Waals surface area contributed by atoms with Gasteiger partial charge in [0.1, 0.15) is 5.52 Å². The molecular formula is C22H19N3O3. The molecule has 4 aromatic rings. The number of non-ortho nitro benzene ring substituents is 1. The third-order valence-electron chi connectivity index (χ3n) is 4.50. The maximum Gasteiger partial charge on any atom is 0.270 e. The van der Waals surface area contributed by atoms with Crippen molar-refractivity contribution in [3.63, 3.8) is 0 Å². The number of benzene rings is 3. The number of rotatable bonds is 6. The molecule has 0 spiro atoms. The Bertz CT molecular complexity index is 1140. The maximum absolute atomic E-state index is 11.2. The molecule has 0 saturated heterocycles. The first-order chi connectivity index (χ1) is 13.7. The van der Waals surface area contributed by atoms with Crippen LogP contribution in [-0.2, 0) is 0 Å². The Balaban J connectivity index is 1.80. The standard InChI is InChI=1S/C22H19N3O3/c1-2-12-23-19-10-9-17(25(26)27)14-18(19)22-24-20-13-16(8-11-21(20)28-22)15-6-4-3-5-7-15/h3-11,13-14,23H,2,12H2,1H3. The van der Waals surface area contributed by atoms with E-state index in [0.717, 1.165) is 29.8 Å². The number of nitrogens with one attached hydrogen (secondary N) is 1. The fourth-order valence-electron chi connectivity index (χ4n) is 3.09. The Labute approximate surface area is 162 Å². The lowest BCUT2D eigenvalue weighted by atomic mass is 10.1. The number of nitrogens with zero attached hydrogens (tertiary/aromatic N) is 2. The molecule has 28 heavy (non-hydrogen) atoms. The molecule has 3 aromatic carbocycles. The molecule has 0 fully saturated rings. The van der Waals surface area contributed by atoms with Crippen LogP contribution < -0.4 is 5.32 Å². The summed E-state index contributed by atoms with van der Waals surface area (Å²) in [4.78, 5) is 15.4. The van der Waals surface area contributed by atoms with Crippen LogP contribution in [0.1, 0.15) is 13.3 Å². The molecule has 0 saturated carbocycles. The lowest BCUT2D eigenvalue weighted by Crippen LogP contribution is -2.02. The van der Waals surface area contributed by atoms with Crippen LogP contribution in [0.15, 0.2) is 71.1 Å². The SMILES string of the molecule is CCCNc1ccc([N+](=O)[O-])cc1-c1nc2cc(-c3ccccc3)ccc2o1. The second-order valence-corrected chi connectivity index (χ2v) is 6.48. The van der Waals surface area contributed by atoms with Gasteiger partial charge in [0.05, 0.1) is 10.5 Å². The van der Waals surface area contributed by atoms with Crippen LogP contribution in [-0.4, -0.2) is 16.5 Å². The summed E-state index contributed by atoms with van der Waals surface area (Å²) in [6.07, 6.45) is 0.935. The molecule has 6 heteroatoms. The van der Waals surface area contributed by atoms with Crippen LogP contribution >= 0.6 is 0 Å². The first-order valence-corrected chi connectivity index (χ1v) is 9.14. The molecular weight excluding hydrogens is 354 g/mol. The monoisotopic (exact) mass is 373 g/mol. The second-order valence-electron chi connectivity index (χ2n) is 6.48. The second kappa shape index (κ2) is 7.52. The van der Waals surface area contributed by atoms with E-state index < -0.39 is 4.92 Å². The molecule has 1 aromatic heterocycles. The average Bonchev–Trinajstić information content (AvgIpc) is 3.16. The number of oxazole rings is 1. The quantitative estimate of drug-likeness (QED) is 0.336. The number of hydrogen-bond donors (Lipinski definition) is 1. The van der Waals surface area contributed by atoms with Crippen LogP contribution in [0.25, 0.3) is 33.7 Å². The molecule has 140 valence electrons. The van der Waals surface area contributed by atoms with Crippen molar-refractivity contribution in [3.05, 3.63) is 76.8 Å². The molecule has 4 rings (SSSR count). The average molecular weight is 373 g/mol. The number of aromatic nitrogens is 1. The third-order valence-corrected chi connectivity index (χ3v) is 4.50. The van der Waals surface area contributed by atoms with E-state index >= 15 is 0 Å².